The van der Waals surface area contributed by atoms with Gasteiger partial charge in [-0.15, -0.1) is 0 Å². The zero-order valence-corrected chi connectivity index (χ0v) is 20.1. The second-order valence-corrected chi connectivity index (χ2v) is 9.92. The van der Waals surface area contributed by atoms with E-state index in [0.29, 0.717) is 17.5 Å². The van der Waals surface area contributed by atoms with Crippen molar-refractivity contribution < 1.29 is 29.2 Å². The van der Waals surface area contributed by atoms with Gasteiger partial charge in [0.05, 0.1) is 17.3 Å². The molecule has 6 nitrogen and oxygen atoms in total. The molecule has 0 bridgehead atoms. The molecule has 0 amide bonds. The summed E-state index contributed by atoms with van der Waals surface area (Å²) in [7, 11) is 0. The fraction of sp³-hybridized carbons (Fsp3) is 0.577. The number of fused-ring (bicyclic) bond motifs is 1. The molecule has 3 rings (SSSR count). The van der Waals surface area contributed by atoms with E-state index in [2.05, 4.69) is 26.8 Å². The van der Waals surface area contributed by atoms with Gasteiger partial charge < -0.3 is 24.4 Å². The smallest absolute Gasteiger partial charge is 0.339 e. The molecule has 0 spiro atoms. The van der Waals surface area contributed by atoms with Gasteiger partial charge in [-0.05, 0) is 79.7 Å². The number of hydrogen-bond donors (Lipinski definition) is 2. The van der Waals surface area contributed by atoms with Crippen molar-refractivity contribution in [3.8, 4) is 11.5 Å². The summed E-state index contributed by atoms with van der Waals surface area (Å²) in [6, 6.07) is 1.39. The van der Waals surface area contributed by atoms with Gasteiger partial charge in [-0.1, -0.05) is 23.3 Å². The molecule has 1 fully saturated rings. The van der Waals surface area contributed by atoms with Crippen LogP contribution in [-0.2, 0) is 27.2 Å². The second-order valence-electron chi connectivity index (χ2n) is 9.92. The number of carbonyl (C=O) groups is 1. The Balaban J connectivity index is 1.50. The van der Waals surface area contributed by atoms with E-state index in [4.69, 9.17) is 14.2 Å². The van der Waals surface area contributed by atoms with Gasteiger partial charge in [0.2, 0.25) is 0 Å². The maximum Gasteiger partial charge on any atom is 0.339 e. The Hall–Kier alpha value is -2.31. The van der Waals surface area contributed by atoms with Crippen LogP contribution in [0.1, 0.15) is 88.7 Å². The van der Waals surface area contributed by atoms with Crippen molar-refractivity contribution in [1.29, 1.82) is 0 Å². The molecular formula is C26H36O6. The highest BCUT2D eigenvalue weighted by Gasteiger charge is 2.46. The van der Waals surface area contributed by atoms with Crippen LogP contribution < -0.4 is 0 Å². The summed E-state index contributed by atoms with van der Waals surface area (Å²) >= 11 is 0. The summed E-state index contributed by atoms with van der Waals surface area (Å²) in [5.41, 5.74) is 3.35. The molecule has 1 aromatic rings. The third-order valence-corrected chi connectivity index (χ3v) is 6.25. The van der Waals surface area contributed by atoms with E-state index >= 15 is 0 Å². The topological polar surface area (TPSA) is 85.2 Å². The Bertz CT molecular complexity index is 938. The number of phenols is 2. The lowest BCUT2D eigenvalue weighted by atomic mass is 9.95. The van der Waals surface area contributed by atoms with Crippen LogP contribution in [0.2, 0.25) is 0 Å². The van der Waals surface area contributed by atoms with E-state index in [-0.39, 0.29) is 35.4 Å². The van der Waals surface area contributed by atoms with Crippen LogP contribution in [0, 0.1) is 0 Å². The standard InChI is InChI=1S/C26H36O6/c1-16(10-12-18-21(27)14-19-20(23(18)28)15-30-24(19)29)8-7-9-17(2)11-13-22-25(3,4)32-26(5,6)31-22/h9-10,14,22,27-28H,7-8,11-13,15H2,1-6H3/b16-10+,17-9+. The van der Waals surface area contributed by atoms with E-state index < -0.39 is 11.8 Å². The summed E-state index contributed by atoms with van der Waals surface area (Å²) in [5.74, 6) is -1.16. The van der Waals surface area contributed by atoms with Crippen LogP contribution in [0.15, 0.2) is 29.4 Å². The number of benzene rings is 1. The first-order chi connectivity index (χ1) is 14.9. The predicted molar refractivity (Wildman–Crippen MR) is 123 cm³/mol. The largest absolute Gasteiger partial charge is 0.507 e. The van der Waals surface area contributed by atoms with Crippen LogP contribution in [0.25, 0.3) is 0 Å². The van der Waals surface area contributed by atoms with Crippen molar-refractivity contribution >= 4 is 5.97 Å². The molecule has 1 atom stereocenters. The Morgan fingerprint density at radius 1 is 1.12 bits per heavy atom. The molecule has 2 aliphatic heterocycles. The zero-order chi connectivity index (χ0) is 23.7. The number of rotatable bonds is 8. The van der Waals surface area contributed by atoms with Crippen LogP contribution in [-0.4, -0.2) is 33.7 Å². The number of esters is 1. The summed E-state index contributed by atoms with van der Waals surface area (Å²) < 4.78 is 17.0. The SMILES string of the molecule is C/C(=C\Cc1c(O)cc2c(c1O)COC2=O)CC/C=C(\C)CCC1OC(C)(C)OC1(C)C. The molecule has 1 saturated heterocycles. The van der Waals surface area contributed by atoms with Crippen molar-refractivity contribution in [2.45, 2.75) is 97.7 Å². The molecule has 1 unspecified atom stereocenters. The minimum atomic E-state index is -0.530. The zero-order valence-electron chi connectivity index (χ0n) is 20.1. The fourth-order valence-electron chi connectivity index (χ4n) is 4.49. The highest BCUT2D eigenvalue weighted by Crippen LogP contribution is 2.39. The number of cyclic esters (lactones) is 1. The van der Waals surface area contributed by atoms with Gasteiger partial charge in [-0.2, -0.15) is 0 Å². The van der Waals surface area contributed by atoms with E-state index in [9.17, 15) is 15.0 Å². The van der Waals surface area contributed by atoms with Crippen LogP contribution in [0.5, 0.6) is 11.5 Å². The van der Waals surface area contributed by atoms with Crippen molar-refractivity contribution in [3.05, 3.63) is 46.1 Å². The Kier molecular flexibility index (Phi) is 7.06. The number of phenolic OH excluding ortho intramolecular Hbond substituents is 2. The lowest BCUT2D eigenvalue weighted by molar-refractivity contribution is -0.157. The minimum absolute atomic E-state index is 0.0464. The van der Waals surface area contributed by atoms with Crippen molar-refractivity contribution in [2.75, 3.05) is 0 Å². The van der Waals surface area contributed by atoms with Gasteiger partial charge in [-0.3, -0.25) is 0 Å². The number of ether oxygens (including phenoxy) is 3. The van der Waals surface area contributed by atoms with Gasteiger partial charge in [0, 0.05) is 11.1 Å². The molecule has 2 N–H and O–H groups in total. The van der Waals surface area contributed by atoms with Crippen molar-refractivity contribution in [2.24, 2.45) is 0 Å². The first-order valence-electron chi connectivity index (χ1n) is 11.3. The molecule has 0 aromatic heterocycles. The Morgan fingerprint density at radius 3 is 2.47 bits per heavy atom. The fourth-order valence-corrected chi connectivity index (χ4v) is 4.49. The molecule has 2 heterocycles. The van der Waals surface area contributed by atoms with Gasteiger partial charge in [0.15, 0.2) is 5.79 Å². The first-order valence-corrected chi connectivity index (χ1v) is 11.3. The molecule has 0 aliphatic carbocycles. The molecule has 2 aliphatic rings. The number of carbonyl (C=O) groups excluding carboxylic acids is 1. The summed E-state index contributed by atoms with van der Waals surface area (Å²) in [5, 5.41) is 20.7. The maximum atomic E-state index is 11.6. The van der Waals surface area contributed by atoms with E-state index in [0.717, 1.165) is 25.7 Å². The quantitative estimate of drug-likeness (QED) is 0.395. The van der Waals surface area contributed by atoms with Crippen molar-refractivity contribution in [3.63, 3.8) is 0 Å². The minimum Gasteiger partial charge on any atom is -0.507 e. The normalized spacial score (nSPS) is 22.2. The van der Waals surface area contributed by atoms with Gasteiger partial charge in [0.1, 0.15) is 18.1 Å². The lowest BCUT2D eigenvalue weighted by Gasteiger charge is -2.24. The van der Waals surface area contributed by atoms with E-state index in [1.54, 1.807) is 0 Å². The predicted octanol–water partition coefficient (Wildman–Crippen LogP) is 5.69. The molecule has 176 valence electrons. The van der Waals surface area contributed by atoms with Gasteiger partial charge >= 0.3 is 5.97 Å². The Morgan fingerprint density at radius 2 is 1.81 bits per heavy atom. The molecule has 32 heavy (non-hydrogen) atoms. The van der Waals surface area contributed by atoms with Crippen molar-refractivity contribution in [1.82, 2.24) is 0 Å². The van der Waals surface area contributed by atoms with Crippen LogP contribution in [0.3, 0.4) is 0 Å². The highest BCUT2D eigenvalue weighted by molar-refractivity contribution is 5.95. The summed E-state index contributed by atoms with van der Waals surface area (Å²) in [4.78, 5) is 11.6. The highest BCUT2D eigenvalue weighted by atomic mass is 16.8. The second kappa shape index (κ2) is 9.28. The average Bonchev–Trinajstić information content (AvgIpc) is 3.14. The molecule has 1 aromatic carbocycles. The summed E-state index contributed by atoms with van der Waals surface area (Å²) in [6.45, 7) is 12.3. The third kappa shape index (κ3) is 5.54. The maximum absolute atomic E-state index is 11.6. The number of aromatic hydroxyl groups is 2. The van der Waals surface area contributed by atoms with Gasteiger partial charge in [-0.25, -0.2) is 4.79 Å². The first kappa shape index (κ1) is 24.3. The average molecular weight is 445 g/mol. The van der Waals surface area contributed by atoms with Crippen LogP contribution in [0.4, 0.5) is 0 Å². The number of hydrogen-bond acceptors (Lipinski definition) is 6. The Labute approximate surface area is 190 Å². The molecular weight excluding hydrogens is 408 g/mol. The number of allylic oxidation sites excluding steroid dienone is 4. The molecule has 0 saturated carbocycles. The molecule has 0 radical (unpaired) electrons. The summed E-state index contributed by atoms with van der Waals surface area (Å²) in [6.07, 6.45) is 8.47. The van der Waals surface area contributed by atoms with E-state index in [1.165, 1.54) is 17.2 Å². The van der Waals surface area contributed by atoms with E-state index in [1.807, 2.05) is 26.8 Å². The van der Waals surface area contributed by atoms with Gasteiger partial charge in [0.25, 0.3) is 0 Å². The lowest BCUT2D eigenvalue weighted by Crippen LogP contribution is -2.33. The third-order valence-electron chi connectivity index (χ3n) is 6.25. The molecule has 6 heteroatoms. The van der Waals surface area contributed by atoms with Crippen LogP contribution >= 0.6 is 0 Å². The monoisotopic (exact) mass is 444 g/mol.